The van der Waals surface area contributed by atoms with Gasteiger partial charge in [0, 0.05) is 36.8 Å². The minimum Gasteiger partial charge on any atom is -0.463 e. The zero-order valence-electron chi connectivity index (χ0n) is 15.3. The lowest BCUT2D eigenvalue weighted by molar-refractivity contribution is 0.214. The molecular formula is C19H23ClFN5O. The van der Waals surface area contributed by atoms with Crippen LogP contribution in [0.5, 0.6) is 6.01 Å². The lowest BCUT2D eigenvalue weighted by Crippen LogP contribution is -2.51. The number of nitrogens with one attached hydrogen (secondary N) is 1. The lowest BCUT2D eigenvalue weighted by Gasteiger charge is -2.34. The maximum Gasteiger partial charge on any atom is 0.319 e. The molecule has 0 amide bonds. The first kappa shape index (κ1) is 17.4. The molecule has 2 aromatic heterocycles. The number of halogens is 2. The van der Waals surface area contributed by atoms with Gasteiger partial charge < -0.3 is 15.0 Å². The summed E-state index contributed by atoms with van der Waals surface area (Å²) in [6.45, 7) is 4.42. The van der Waals surface area contributed by atoms with E-state index in [2.05, 4.69) is 32.1 Å². The van der Waals surface area contributed by atoms with Crippen LogP contribution in [0.3, 0.4) is 0 Å². The van der Waals surface area contributed by atoms with E-state index in [4.69, 9.17) is 16.3 Å². The molecule has 2 unspecified atom stereocenters. The molecule has 2 aliphatic heterocycles. The van der Waals surface area contributed by atoms with Gasteiger partial charge in [0.05, 0.1) is 12.0 Å². The van der Waals surface area contributed by atoms with Gasteiger partial charge in [-0.25, -0.2) is 9.37 Å². The van der Waals surface area contributed by atoms with E-state index in [1.54, 1.807) is 6.20 Å². The van der Waals surface area contributed by atoms with Crippen LogP contribution in [0.1, 0.15) is 39.0 Å². The molecule has 2 aromatic rings. The molecule has 2 bridgehead atoms. The Morgan fingerprint density at radius 2 is 2.04 bits per heavy atom. The number of rotatable bonds is 5. The van der Waals surface area contributed by atoms with E-state index in [0.29, 0.717) is 29.9 Å². The summed E-state index contributed by atoms with van der Waals surface area (Å²) in [6.07, 6.45) is 7.28. The van der Waals surface area contributed by atoms with Crippen molar-refractivity contribution in [2.45, 2.75) is 51.1 Å². The van der Waals surface area contributed by atoms with Crippen LogP contribution < -0.4 is 15.0 Å². The topological polar surface area (TPSA) is 63.2 Å². The van der Waals surface area contributed by atoms with Gasteiger partial charge in [0.15, 0.2) is 11.0 Å². The van der Waals surface area contributed by atoms with Gasteiger partial charge >= 0.3 is 6.01 Å². The Morgan fingerprint density at radius 3 is 2.70 bits per heavy atom. The molecule has 2 saturated heterocycles. The lowest BCUT2D eigenvalue weighted by atomic mass is 10.1. The van der Waals surface area contributed by atoms with E-state index < -0.39 is 5.82 Å². The standard InChI is InChI=1S/C19H23ClFN5O/c1-2-19(5-6-19)10-27-18-24-15-13(7-22-16(20)14(15)21)17(25-18)26-8-11-3-4-12(9-26)23-11/h7,11-12,23H,2-6,8-10H2,1H3. The highest BCUT2D eigenvalue weighted by Gasteiger charge is 2.42. The van der Waals surface area contributed by atoms with E-state index in [9.17, 15) is 4.39 Å². The molecule has 0 spiro atoms. The largest absolute Gasteiger partial charge is 0.463 e. The molecule has 3 aliphatic rings. The first-order valence-electron chi connectivity index (χ1n) is 9.72. The van der Waals surface area contributed by atoms with Crippen molar-refractivity contribution >= 4 is 28.3 Å². The van der Waals surface area contributed by atoms with Crippen molar-refractivity contribution in [1.29, 1.82) is 0 Å². The minimum absolute atomic E-state index is 0.175. The highest BCUT2D eigenvalue weighted by Crippen LogP contribution is 2.48. The number of pyridine rings is 1. The van der Waals surface area contributed by atoms with Gasteiger partial charge in [-0.05, 0) is 32.1 Å². The maximum atomic E-state index is 14.7. The van der Waals surface area contributed by atoms with Gasteiger partial charge in [-0.15, -0.1) is 0 Å². The molecule has 5 rings (SSSR count). The first-order valence-corrected chi connectivity index (χ1v) is 10.1. The first-order chi connectivity index (χ1) is 13.1. The van der Waals surface area contributed by atoms with Gasteiger partial charge in [-0.3, -0.25) is 0 Å². The fourth-order valence-corrected chi connectivity index (χ4v) is 4.41. The maximum absolute atomic E-state index is 14.7. The summed E-state index contributed by atoms with van der Waals surface area (Å²) < 4.78 is 20.6. The Bertz CT molecular complexity index is 878. The van der Waals surface area contributed by atoms with Gasteiger partial charge in [0.25, 0.3) is 0 Å². The highest BCUT2D eigenvalue weighted by atomic mass is 35.5. The molecular weight excluding hydrogens is 369 g/mol. The number of hydrogen-bond acceptors (Lipinski definition) is 6. The van der Waals surface area contributed by atoms with Crippen LogP contribution in [0, 0.1) is 11.2 Å². The molecule has 27 heavy (non-hydrogen) atoms. The van der Waals surface area contributed by atoms with Gasteiger partial charge in [-0.1, -0.05) is 18.5 Å². The van der Waals surface area contributed by atoms with Crippen molar-refractivity contribution in [2.75, 3.05) is 24.6 Å². The average molecular weight is 392 g/mol. The molecule has 8 heteroatoms. The molecule has 0 aromatic carbocycles. The summed E-state index contributed by atoms with van der Waals surface area (Å²) in [5, 5.41) is 4.02. The number of fused-ring (bicyclic) bond motifs is 3. The van der Waals surface area contributed by atoms with Crippen LogP contribution in [0.2, 0.25) is 5.15 Å². The predicted molar refractivity (Wildman–Crippen MR) is 102 cm³/mol. The number of ether oxygens (including phenoxy) is 1. The number of aromatic nitrogens is 3. The van der Waals surface area contributed by atoms with E-state index in [-0.39, 0.29) is 22.1 Å². The summed E-state index contributed by atoms with van der Waals surface area (Å²) in [7, 11) is 0. The SMILES string of the molecule is CCC1(COc2nc(N3CC4CCC(C3)N4)c3cnc(Cl)c(F)c3n2)CC1. The number of piperazine rings is 1. The summed E-state index contributed by atoms with van der Waals surface area (Å²) in [5.41, 5.74) is 0.420. The molecule has 3 fully saturated rings. The fraction of sp³-hybridized carbons (Fsp3) is 0.632. The van der Waals surface area contributed by atoms with E-state index in [1.807, 2.05) is 0 Å². The Kier molecular flexibility index (Phi) is 4.13. The molecule has 1 aliphatic carbocycles. The van der Waals surface area contributed by atoms with Crippen molar-refractivity contribution in [3.63, 3.8) is 0 Å². The van der Waals surface area contributed by atoms with Crippen LogP contribution in [0.25, 0.3) is 10.9 Å². The van der Waals surface area contributed by atoms with Gasteiger partial charge in [-0.2, -0.15) is 9.97 Å². The van der Waals surface area contributed by atoms with Crippen LogP contribution >= 0.6 is 11.6 Å². The van der Waals surface area contributed by atoms with Crippen LogP contribution in [0.15, 0.2) is 6.20 Å². The minimum atomic E-state index is -0.614. The summed E-state index contributed by atoms with van der Waals surface area (Å²) in [4.78, 5) is 15.2. The van der Waals surface area contributed by atoms with Crippen LogP contribution in [-0.4, -0.2) is 46.7 Å². The van der Waals surface area contributed by atoms with Crippen LogP contribution in [-0.2, 0) is 0 Å². The number of anilines is 1. The Balaban J connectivity index is 1.54. The van der Waals surface area contributed by atoms with Crippen molar-refractivity contribution in [3.8, 4) is 6.01 Å². The molecule has 0 radical (unpaired) electrons. The third kappa shape index (κ3) is 3.10. The zero-order valence-corrected chi connectivity index (χ0v) is 16.1. The van der Waals surface area contributed by atoms with E-state index >= 15 is 0 Å². The Labute approximate surface area is 162 Å². The third-order valence-corrected chi connectivity index (χ3v) is 6.60. The summed E-state index contributed by atoms with van der Waals surface area (Å²) >= 11 is 5.91. The fourth-order valence-electron chi connectivity index (χ4n) is 4.27. The Hall–Kier alpha value is -1.73. The van der Waals surface area contributed by atoms with Crippen molar-refractivity contribution in [3.05, 3.63) is 17.2 Å². The normalized spacial score (nSPS) is 25.8. The molecule has 2 atom stereocenters. The monoisotopic (exact) mass is 391 g/mol. The summed E-state index contributed by atoms with van der Waals surface area (Å²) in [5.74, 6) is 0.0789. The number of nitrogens with zero attached hydrogens (tertiary/aromatic N) is 4. The van der Waals surface area contributed by atoms with Crippen LogP contribution in [0.4, 0.5) is 10.2 Å². The van der Waals surface area contributed by atoms with Crippen molar-refractivity contribution in [1.82, 2.24) is 20.3 Å². The molecule has 6 nitrogen and oxygen atoms in total. The van der Waals surface area contributed by atoms with E-state index in [1.165, 1.54) is 0 Å². The second kappa shape index (κ2) is 6.41. The average Bonchev–Trinajstić information content (AvgIpc) is 3.40. The highest BCUT2D eigenvalue weighted by molar-refractivity contribution is 6.30. The third-order valence-electron chi connectivity index (χ3n) is 6.33. The van der Waals surface area contributed by atoms with Crippen molar-refractivity contribution < 1.29 is 9.13 Å². The van der Waals surface area contributed by atoms with Gasteiger partial charge in [0.1, 0.15) is 11.3 Å². The van der Waals surface area contributed by atoms with E-state index in [0.717, 1.165) is 45.2 Å². The summed E-state index contributed by atoms with van der Waals surface area (Å²) in [6, 6.07) is 1.11. The molecule has 4 heterocycles. The second-order valence-corrected chi connectivity index (χ2v) is 8.50. The Morgan fingerprint density at radius 1 is 1.30 bits per heavy atom. The zero-order chi connectivity index (χ0) is 18.6. The smallest absolute Gasteiger partial charge is 0.319 e. The molecule has 1 saturated carbocycles. The quantitative estimate of drug-likeness (QED) is 0.789. The second-order valence-electron chi connectivity index (χ2n) is 8.14. The van der Waals surface area contributed by atoms with Crippen molar-refractivity contribution in [2.24, 2.45) is 5.41 Å². The molecule has 1 N–H and O–H groups in total. The predicted octanol–water partition coefficient (Wildman–Crippen LogP) is 3.33. The van der Waals surface area contributed by atoms with Gasteiger partial charge in [0.2, 0.25) is 0 Å². The number of hydrogen-bond donors (Lipinski definition) is 1. The molecule has 144 valence electrons.